The Bertz CT molecular complexity index is 1090. The predicted octanol–water partition coefficient (Wildman–Crippen LogP) is 0.578. The van der Waals surface area contributed by atoms with Crippen LogP contribution in [0.15, 0.2) is 6.33 Å². The third-order valence-electron chi connectivity index (χ3n) is 5.21. The van der Waals surface area contributed by atoms with Gasteiger partial charge in [0.2, 0.25) is 8.03 Å². The largest absolute Gasteiger partial charge is 0.465 e. The van der Waals surface area contributed by atoms with Crippen LogP contribution in [0, 0.1) is 18.4 Å². The first-order valence-electron chi connectivity index (χ1n) is 10.2. The summed E-state index contributed by atoms with van der Waals surface area (Å²) in [7, 11) is -2.75. The molecule has 1 aliphatic heterocycles. The van der Waals surface area contributed by atoms with Crippen molar-refractivity contribution in [1.82, 2.24) is 24.8 Å². The van der Waals surface area contributed by atoms with Gasteiger partial charge in [0.1, 0.15) is 18.4 Å². The van der Waals surface area contributed by atoms with Crippen molar-refractivity contribution in [3.63, 3.8) is 0 Å². The molecule has 0 aliphatic carbocycles. The quantitative estimate of drug-likeness (QED) is 0.197. The van der Waals surface area contributed by atoms with Crippen molar-refractivity contribution < 1.29 is 32.9 Å². The van der Waals surface area contributed by atoms with Crippen LogP contribution in [0.2, 0.25) is 0 Å². The Labute approximate surface area is 189 Å². The number of ether oxygens (including phenoxy) is 2. The highest BCUT2D eigenvalue weighted by molar-refractivity contribution is 7.39. The van der Waals surface area contributed by atoms with Gasteiger partial charge in [0.05, 0.1) is 25.3 Å². The Morgan fingerprint density at radius 2 is 2.30 bits per heavy atom. The third-order valence-corrected chi connectivity index (χ3v) is 6.51. The number of terminal acetylenes is 1. The molecular formula is C19H26FN6O6P. The Hall–Kier alpha value is -2.62. The monoisotopic (exact) mass is 484 g/mol. The normalized spacial score (nSPS) is 25.5. The van der Waals surface area contributed by atoms with Crippen LogP contribution < -0.4 is 11.1 Å². The molecule has 180 valence electrons. The van der Waals surface area contributed by atoms with Gasteiger partial charge >= 0.3 is 12.0 Å². The molecule has 14 heteroatoms. The molecule has 2 unspecified atom stereocenters. The minimum atomic E-state index is -2.75. The fourth-order valence-corrected chi connectivity index (χ4v) is 4.42. The van der Waals surface area contributed by atoms with Gasteiger partial charge < -0.3 is 24.8 Å². The first-order chi connectivity index (χ1) is 15.6. The van der Waals surface area contributed by atoms with Gasteiger partial charge in [0, 0.05) is 6.42 Å². The van der Waals surface area contributed by atoms with Crippen LogP contribution in [0.4, 0.5) is 10.2 Å². The Balaban J connectivity index is 1.69. The van der Waals surface area contributed by atoms with Crippen molar-refractivity contribution >= 4 is 31.0 Å². The molecule has 1 aliphatic rings. The number of nitrogens with one attached hydrogen (secondary N) is 1. The van der Waals surface area contributed by atoms with Crippen molar-refractivity contribution in [2.24, 2.45) is 0 Å². The van der Waals surface area contributed by atoms with Gasteiger partial charge in [-0.3, -0.25) is 19.2 Å². The van der Waals surface area contributed by atoms with E-state index in [-0.39, 0.29) is 36.6 Å². The average molecular weight is 484 g/mol. The molecule has 33 heavy (non-hydrogen) atoms. The van der Waals surface area contributed by atoms with Crippen molar-refractivity contribution in [2.75, 3.05) is 18.9 Å². The first kappa shape index (κ1) is 25.0. The number of hydrogen-bond donors (Lipinski definition) is 3. The second-order valence-electron chi connectivity index (χ2n) is 7.53. The zero-order valence-corrected chi connectivity index (χ0v) is 19.3. The highest BCUT2D eigenvalue weighted by Crippen LogP contribution is 2.40. The van der Waals surface area contributed by atoms with Crippen molar-refractivity contribution in [3.05, 3.63) is 12.4 Å². The number of aliphatic hydroxyl groups is 1. The van der Waals surface area contributed by atoms with E-state index in [0.717, 1.165) is 0 Å². The van der Waals surface area contributed by atoms with Crippen LogP contribution in [0.5, 0.6) is 0 Å². The summed E-state index contributed by atoms with van der Waals surface area (Å²) in [5, 5.41) is 13.5. The molecule has 4 N–H and O–H groups in total. The van der Waals surface area contributed by atoms with Crippen LogP contribution in [0.1, 0.15) is 33.4 Å². The molecule has 1 saturated heterocycles. The number of halogens is 1. The summed E-state index contributed by atoms with van der Waals surface area (Å²) in [6, 6.07) is -0.693. The van der Waals surface area contributed by atoms with E-state index < -0.39 is 49.8 Å². The third kappa shape index (κ3) is 5.15. The lowest BCUT2D eigenvalue weighted by Crippen LogP contribution is -2.43. The molecule has 0 aromatic carbocycles. The van der Waals surface area contributed by atoms with Crippen molar-refractivity contribution in [1.29, 1.82) is 0 Å². The van der Waals surface area contributed by atoms with E-state index in [9.17, 15) is 18.9 Å². The molecule has 0 spiro atoms. The predicted molar refractivity (Wildman–Crippen MR) is 116 cm³/mol. The summed E-state index contributed by atoms with van der Waals surface area (Å²) in [4.78, 5) is 22.9. The molecule has 0 saturated carbocycles. The number of hydrogen-bond acceptors (Lipinski definition) is 11. The molecule has 3 heterocycles. The lowest BCUT2D eigenvalue weighted by atomic mass is 9.99. The van der Waals surface area contributed by atoms with Crippen LogP contribution in [0.25, 0.3) is 11.2 Å². The van der Waals surface area contributed by atoms with Gasteiger partial charge in [-0.1, -0.05) is 5.92 Å². The highest BCUT2D eigenvalue weighted by atomic mass is 31.1. The zero-order valence-electron chi connectivity index (χ0n) is 18.3. The summed E-state index contributed by atoms with van der Waals surface area (Å²) in [5.74, 6) is 1.08. The Morgan fingerprint density at radius 1 is 1.58 bits per heavy atom. The number of nitrogen functional groups attached to an aromatic ring is 1. The van der Waals surface area contributed by atoms with E-state index in [2.05, 4.69) is 26.2 Å². The van der Waals surface area contributed by atoms with Gasteiger partial charge in [-0.2, -0.15) is 14.4 Å². The van der Waals surface area contributed by atoms with Crippen molar-refractivity contribution in [3.8, 4) is 12.3 Å². The number of carbonyl (C=O) groups is 1. The van der Waals surface area contributed by atoms with Crippen LogP contribution in [-0.4, -0.2) is 67.3 Å². The van der Waals surface area contributed by atoms with E-state index in [4.69, 9.17) is 26.2 Å². The van der Waals surface area contributed by atoms with E-state index >= 15 is 0 Å². The maximum atomic E-state index is 13.7. The average Bonchev–Trinajstić information content (AvgIpc) is 3.33. The second-order valence-corrected chi connectivity index (χ2v) is 9.32. The number of nitrogens with two attached hydrogens (primary N) is 1. The number of esters is 1. The molecule has 0 radical (unpaired) electrons. The highest BCUT2D eigenvalue weighted by Gasteiger charge is 2.49. The molecular weight excluding hydrogens is 458 g/mol. The lowest BCUT2D eigenvalue weighted by Gasteiger charge is -2.27. The standard InChI is InChI=1S/C19H26FN6O6P/c1-5-19(8-31-33(29)11(4)23-10(3)17(28)30-6-2)12(27)7-13(32-19)26-9-22-14-15(21)24-18(20)25-16(14)26/h1,9-13,23,27,33H,6-8H2,2-4H3,(H2,21,24,25)/t10-,11?,12-,13+,19+/m0/s1. The van der Waals surface area contributed by atoms with E-state index in [1.165, 1.54) is 10.9 Å². The maximum absolute atomic E-state index is 13.7. The van der Waals surface area contributed by atoms with Gasteiger partial charge in [-0.25, -0.2) is 4.98 Å². The maximum Gasteiger partial charge on any atom is 0.322 e. The Morgan fingerprint density at radius 3 is 2.97 bits per heavy atom. The molecule has 1 fully saturated rings. The first-order valence-corrected chi connectivity index (χ1v) is 11.6. The summed E-state index contributed by atoms with van der Waals surface area (Å²) >= 11 is 0. The molecule has 2 aromatic rings. The fourth-order valence-electron chi connectivity index (χ4n) is 3.43. The number of carbonyl (C=O) groups excluding carboxylic acids is 1. The van der Waals surface area contributed by atoms with Crippen LogP contribution >= 0.6 is 8.03 Å². The molecule has 3 rings (SSSR count). The van der Waals surface area contributed by atoms with Gasteiger partial charge in [0.25, 0.3) is 0 Å². The Kier molecular flexibility index (Phi) is 7.66. The number of nitrogens with zero attached hydrogens (tertiary/aromatic N) is 4. The summed E-state index contributed by atoms with van der Waals surface area (Å²) in [6.45, 7) is 4.70. The second kappa shape index (κ2) is 10.1. The van der Waals surface area contributed by atoms with E-state index in [1.54, 1.807) is 20.8 Å². The minimum absolute atomic E-state index is 0.0131. The zero-order chi connectivity index (χ0) is 24.3. The smallest absolute Gasteiger partial charge is 0.322 e. The molecule has 2 aromatic heterocycles. The lowest BCUT2D eigenvalue weighted by molar-refractivity contribution is -0.145. The van der Waals surface area contributed by atoms with E-state index in [1.807, 2.05) is 0 Å². The molecule has 12 nitrogen and oxygen atoms in total. The minimum Gasteiger partial charge on any atom is -0.465 e. The number of rotatable bonds is 9. The molecule has 0 amide bonds. The van der Waals surface area contributed by atoms with Gasteiger partial charge in [-0.15, -0.1) is 6.42 Å². The van der Waals surface area contributed by atoms with Gasteiger partial charge in [-0.05, 0) is 20.8 Å². The number of fused-ring (bicyclic) bond motifs is 1. The summed E-state index contributed by atoms with van der Waals surface area (Å²) in [6.07, 6.45) is 3.89. The van der Waals surface area contributed by atoms with Crippen LogP contribution in [-0.2, 0) is 23.4 Å². The molecule has 0 bridgehead atoms. The fraction of sp³-hybridized carbons (Fsp3) is 0.579. The number of aliphatic hydroxyl groups excluding tert-OH is 1. The molecule has 6 atom stereocenters. The summed E-state index contributed by atoms with van der Waals surface area (Å²) < 4.78 is 43.9. The number of anilines is 1. The summed E-state index contributed by atoms with van der Waals surface area (Å²) in [5.41, 5.74) is 4.30. The topological polar surface area (TPSA) is 164 Å². The van der Waals surface area contributed by atoms with Crippen LogP contribution in [0.3, 0.4) is 0 Å². The van der Waals surface area contributed by atoms with E-state index in [0.29, 0.717) is 0 Å². The SMILES string of the molecule is C#C[C@]1(CO[PH](=O)C(C)N[C@@H](C)C(=O)OCC)O[C@@H](n2cnc3c(N)nc(F)nc32)C[C@@H]1O. The number of imidazole rings is 1. The number of aromatic nitrogens is 4. The van der Waals surface area contributed by atoms with Crippen molar-refractivity contribution in [2.45, 2.75) is 56.9 Å². The van der Waals surface area contributed by atoms with Gasteiger partial charge in [0.15, 0.2) is 22.6 Å².